The molecule has 2 saturated heterocycles. The molecular formula is C27H17ClFNO5. The van der Waals surface area contributed by atoms with E-state index in [1.165, 1.54) is 24.3 Å². The molecule has 8 heteroatoms. The lowest BCUT2D eigenvalue weighted by atomic mass is 9.77. The Hall–Kier alpha value is -3.68. The third kappa shape index (κ3) is 2.79. The molecule has 0 radical (unpaired) electrons. The molecule has 2 aliphatic heterocycles. The first kappa shape index (κ1) is 21.8. The van der Waals surface area contributed by atoms with Crippen LogP contribution in [0.1, 0.15) is 37.9 Å². The minimum atomic E-state index is -2.19. The van der Waals surface area contributed by atoms with Crippen LogP contribution in [-0.4, -0.2) is 29.0 Å². The van der Waals surface area contributed by atoms with Crippen LogP contribution in [0.3, 0.4) is 0 Å². The van der Waals surface area contributed by atoms with Gasteiger partial charge in [-0.15, -0.1) is 0 Å². The molecule has 3 aliphatic rings. The lowest BCUT2D eigenvalue weighted by Gasteiger charge is -2.27. The quantitative estimate of drug-likeness (QED) is 0.391. The van der Waals surface area contributed by atoms with Gasteiger partial charge in [0.1, 0.15) is 5.82 Å². The van der Waals surface area contributed by atoms with E-state index in [0.29, 0.717) is 11.3 Å². The molecule has 2 amide bonds. The van der Waals surface area contributed by atoms with Crippen LogP contribution < -0.4 is 4.90 Å². The Bertz CT molecular complexity index is 1430. The molecule has 2 heterocycles. The zero-order valence-electron chi connectivity index (χ0n) is 18.3. The van der Waals surface area contributed by atoms with Crippen LogP contribution in [0.2, 0.25) is 5.02 Å². The fraction of sp³-hybridized carbons (Fsp3) is 0.185. The topological polar surface area (TPSA) is 80.8 Å². The number of imide groups is 1. The molecule has 0 saturated carbocycles. The Morgan fingerprint density at radius 3 is 2.11 bits per heavy atom. The molecule has 0 N–H and O–H groups in total. The van der Waals surface area contributed by atoms with Crippen molar-refractivity contribution in [3.05, 3.63) is 99.8 Å². The lowest BCUT2D eigenvalue weighted by molar-refractivity contribution is -0.127. The molecule has 6 rings (SSSR count). The van der Waals surface area contributed by atoms with E-state index in [0.717, 1.165) is 16.5 Å². The number of ketones is 2. The second-order valence-corrected chi connectivity index (χ2v) is 9.41. The van der Waals surface area contributed by atoms with E-state index in [-0.39, 0.29) is 16.1 Å². The number of Topliss-reactive ketones (excluding diaryl/α,β-unsaturated/α-hetero) is 2. The summed E-state index contributed by atoms with van der Waals surface area (Å²) in [6.45, 7) is 1.87. The summed E-state index contributed by atoms with van der Waals surface area (Å²) in [5, 5.41) is -0.205. The predicted molar refractivity (Wildman–Crippen MR) is 124 cm³/mol. The van der Waals surface area contributed by atoms with Crippen molar-refractivity contribution in [3.63, 3.8) is 0 Å². The van der Waals surface area contributed by atoms with Crippen molar-refractivity contribution in [2.24, 2.45) is 11.8 Å². The van der Waals surface area contributed by atoms with Gasteiger partial charge in [0.05, 0.1) is 28.6 Å². The Morgan fingerprint density at radius 2 is 1.51 bits per heavy atom. The van der Waals surface area contributed by atoms with Crippen LogP contribution in [0, 0.1) is 24.6 Å². The van der Waals surface area contributed by atoms with Gasteiger partial charge in [0.25, 0.3) is 0 Å². The number of amides is 2. The van der Waals surface area contributed by atoms with Gasteiger partial charge in [-0.1, -0.05) is 59.6 Å². The van der Waals surface area contributed by atoms with Gasteiger partial charge in [0.15, 0.2) is 0 Å². The first-order chi connectivity index (χ1) is 16.8. The summed E-state index contributed by atoms with van der Waals surface area (Å²) in [5.74, 6) is -5.82. The van der Waals surface area contributed by atoms with Crippen LogP contribution in [0.15, 0.2) is 66.7 Å². The maximum Gasteiger partial charge on any atom is 0.241 e. The maximum absolute atomic E-state index is 13.9. The fourth-order valence-electron chi connectivity index (χ4n) is 5.46. The van der Waals surface area contributed by atoms with E-state index in [1.807, 2.05) is 6.92 Å². The number of rotatable bonds is 2. The van der Waals surface area contributed by atoms with Gasteiger partial charge in [-0.3, -0.25) is 19.2 Å². The lowest BCUT2D eigenvalue weighted by Crippen LogP contribution is -2.51. The molecule has 1 aliphatic carbocycles. The van der Waals surface area contributed by atoms with Crippen LogP contribution in [0.25, 0.3) is 0 Å². The molecule has 3 atom stereocenters. The normalized spacial score (nSPS) is 24.4. The van der Waals surface area contributed by atoms with E-state index in [2.05, 4.69) is 0 Å². The summed E-state index contributed by atoms with van der Waals surface area (Å²) < 4.78 is 20.1. The molecule has 0 bridgehead atoms. The number of carbonyl (C=O) groups excluding carboxylic acids is 4. The number of hydrogen-bond acceptors (Lipinski definition) is 5. The van der Waals surface area contributed by atoms with Crippen LogP contribution in [-0.2, 0) is 14.3 Å². The van der Waals surface area contributed by atoms with Gasteiger partial charge in [-0.2, -0.15) is 0 Å². The maximum atomic E-state index is 13.9. The van der Waals surface area contributed by atoms with Crippen molar-refractivity contribution in [1.82, 2.24) is 0 Å². The van der Waals surface area contributed by atoms with Crippen LogP contribution >= 0.6 is 11.6 Å². The Morgan fingerprint density at radius 1 is 0.886 bits per heavy atom. The van der Waals surface area contributed by atoms with Gasteiger partial charge in [0, 0.05) is 11.1 Å². The molecule has 174 valence electrons. The third-order valence-corrected chi connectivity index (χ3v) is 7.37. The van der Waals surface area contributed by atoms with E-state index < -0.39 is 52.7 Å². The molecule has 0 aromatic heterocycles. The van der Waals surface area contributed by atoms with E-state index >= 15 is 0 Å². The monoisotopic (exact) mass is 489 g/mol. The van der Waals surface area contributed by atoms with Crippen molar-refractivity contribution in [3.8, 4) is 0 Å². The van der Waals surface area contributed by atoms with Crippen molar-refractivity contribution in [1.29, 1.82) is 0 Å². The SMILES string of the molecule is Cc1ccc(N2C(=O)C3C(c4ccc(F)c(Cl)c4)OC4(C(=O)c5ccccc5C4=O)C3C2=O)cc1. The number of carbonyl (C=O) groups is 4. The number of nitrogens with zero attached hydrogens (tertiary/aromatic N) is 1. The Balaban J connectivity index is 1.55. The van der Waals surface area contributed by atoms with E-state index in [4.69, 9.17) is 16.3 Å². The highest BCUT2D eigenvalue weighted by Crippen LogP contribution is 2.57. The molecule has 3 aromatic carbocycles. The summed E-state index contributed by atoms with van der Waals surface area (Å²) in [6, 6.07) is 16.8. The number of halogens is 2. The van der Waals surface area contributed by atoms with Gasteiger partial charge in [0.2, 0.25) is 29.0 Å². The zero-order chi connectivity index (χ0) is 24.6. The summed E-state index contributed by atoms with van der Waals surface area (Å²) >= 11 is 5.99. The van der Waals surface area contributed by atoms with E-state index in [1.54, 1.807) is 36.4 Å². The minimum absolute atomic E-state index is 0.142. The van der Waals surface area contributed by atoms with Crippen LogP contribution in [0.4, 0.5) is 10.1 Å². The molecule has 2 fully saturated rings. The average Bonchev–Trinajstić information content (AvgIpc) is 3.42. The molecule has 3 aromatic rings. The molecule has 1 spiro atoms. The van der Waals surface area contributed by atoms with E-state index in [9.17, 15) is 23.6 Å². The smallest absolute Gasteiger partial charge is 0.241 e. The highest BCUT2D eigenvalue weighted by Gasteiger charge is 2.74. The zero-order valence-corrected chi connectivity index (χ0v) is 19.1. The summed E-state index contributed by atoms with van der Waals surface area (Å²) in [5.41, 5.74) is -0.339. The third-order valence-electron chi connectivity index (χ3n) is 7.08. The van der Waals surface area contributed by atoms with Gasteiger partial charge in [-0.25, -0.2) is 9.29 Å². The molecule has 35 heavy (non-hydrogen) atoms. The average molecular weight is 490 g/mol. The second kappa shape index (κ2) is 7.41. The van der Waals surface area contributed by atoms with Crippen LogP contribution in [0.5, 0.6) is 0 Å². The van der Waals surface area contributed by atoms with Crippen molar-refractivity contribution in [2.45, 2.75) is 18.6 Å². The van der Waals surface area contributed by atoms with Gasteiger partial charge < -0.3 is 4.74 Å². The fourth-order valence-corrected chi connectivity index (χ4v) is 5.64. The number of anilines is 1. The van der Waals surface area contributed by atoms with Crippen molar-refractivity contribution in [2.75, 3.05) is 4.90 Å². The number of hydrogen-bond donors (Lipinski definition) is 0. The molecule has 3 unspecified atom stereocenters. The first-order valence-electron chi connectivity index (χ1n) is 11.0. The number of ether oxygens (including phenoxy) is 1. The summed E-state index contributed by atoms with van der Waals surface area (Å²) in [7, 11) is 0. The highest BCUT2D eigenvalue weighted by molar-refractivity contribution is 6.37. The van der Waals surface area contributed by atoms with Gasteiger partial charge in [-0.05, 0) is 36.8 Å². The predicted octanol–water partition coefficient (Wildman–Crippen LogP) is 4.48. The summed E-state index contributed by atoms with van der Waals surface area (Å²) in [6.07, 6.45) is -1.16. The largest absolute Gasteiger partial charge is 0.349 e. The van der Waals surface area contributed by atoms with Crippen molar-refractivity contribution < 1.29 is 28.3 Å². The second-order valence-electron chi connectivity index (χ2n) is 9.00. The Labute approximate surface area is 204 Å². The minimum Gasteiger partial charge on any atom is -0.349 e. The molecule has 6 nitrogen and oxygen atoms in total. The number of benzene rings is 3. The van der Waals surface area contributed by atoms with Crippen molar-refractivity contribution >= 4 is 40.7 Å². The first-order valence-corrected chi connectivity index (χ1v) is 11.4. The standard InChI is InChI=1S/C27H17ClFNO5/c1-13-6-9-15(10-7-13)30-25(33)20-21(26(30)34)27(23(31)16-4-2-3-5-17(16)24(27)32)35-22(20)14-8-11-19(29)18(28)12-14/h2-12,20-22H,1H3. The van der Waals surface area contributed by atoms with Gasteiger partial charge >= 0.3 is 0 Å². The highest BCUT2D eigenvalue weighted by atomic mass is 35.5. The Kier molecular flexibility index (Phi) is 4.62. The number of fused-ring (bicyclic) bond motifs is 3. The summed E-state index contributed by atoms with van der Waals surface area (Å²) in [4.78, 5) is 56.0. The number of aryl methyl sites for hydroxylation is 1. The molecular weight excluding hydrogens is 473 g/mol.